The van der Waals surface area contributed by atoms with Gasteiger partial charge in [-0.15, -0.1) is 0 Å². The molecule has 0 radical (unpaired) electrons. The molecule has 106 valence electrons. The summed E-state index contributed by atoms with van der Waals surface area (Å²) in [6, 6.07) is 8.60. The average Bonchev–Trinajstić information content (AvgIpc) is 2.95. The third-order valence-corrected chi connectivity index (χ3v) is 6.04. The number of hydrogen-bond acceptors (Lipinski definition) is 3. The average molecular weight is 312 g/mol. The summed E-state index contributed by atoms with van der Waals surface area (Å²) in [7, 11) is 3.55. The Bertz CT molecular complexity index is 707. The second-order valence-electron chi connectivity index (χ2n) is 5.34. The van der Waals surface area contributed by atoms with E-state index in [1.165, 1.54) is 20.9 Å². The first-order valence-corrected chi connectivity index (χ1v) is 8.98. The van der Waals surface area contributed by atoms with Gasteiger partial charge in [-0.1, -0.05) is 51.4 Å². The lowest BCUT2D eigenvalue weighted by molar-refractivity contribution is -0.112. The Morgan fingerprint density at radius 2 is 1.43 bits per heavy atom. The van der Waals surface area contributed by atoms with Crippen LogP contribution in [0.15, 0.2) is 64.1 Å². The zero-order valence-corrected chi connectivity index (χ0v) is 13.9. The van der Waals surface area contributed by atoms with E-state index in [-0.39, 0.29) is 5.78 Å². The molecule has 3 heteroatoms. The van der Waals surface area contributed by atoms with Crippen LogP contribution in [0, 0.1) is 6.92 Å². The van der Waals surface area contributed by atoms with E-state index in [1.54, 1.807) is 21.6 Å². The van der Waals surface area contributed by atoms with Crippen LogP contribution in [0.2, 0.25) is 0 Å². The lowest BCUT2D eigenvalue weighted by Crippen LogP contribution is -2.06. The van der Waals surface area contributed by atoms with Gasteiger partial charge in [0, 0.05) is 9.81 Å². The fourth-order valence-electron chi connectivity index (χ4n) is 2.33. The molecule has 1 nitrogen and oxygen atoms in total. The Hall–Kier alpha value is -1.45. The van der Waals surface area contributed by atoms with Crippen molar-refractivity contribution in [3.05, 3.63) is 75.2 Å². The van der Waals surface area contributed by atoms with Gasteiger partial charge in [-0.3, -0.25) is 4.79 Å². The second kappa shape index (κ2) is 5.74. The Morgan fingerprint density at radius 1 is 0.810 bits per heavy atom. The Labute approximate surface area is 133 Å². The quantitative estimate of drug-likeness (QED) is 0.641. The van der Waals surface area contributed by atoms with Crippen LogP contribution in [0.5, 0.6) is 0 Å². The lowest BCUT2D eigenvalue weighted by atomic mass is 9.95. The molecule has 0 saturated heterocycles. The van der Waals surface area contributed by atoms with Crippen molar-refractivity contribution in [2.75, 3.05) is 0 Å². The van der Waals surface area contributed by atoms with E-state index in [0.29, 0.717) is 0 Å². The van der Waals surface area contributed by atoms with Gasteiger partial charge in [0.25, 0.3) is 0 Å². The number of Topliss-reactive ketones (excluding diaryl/α,β-unsaturated/α-hetero) is 1. The maximum atomic E-state index is 11.8. The van der Waals surface area contributed by atoms with E-state index >= 15 is 0 Å². The summed E-state index contributed by atoms with van der Waals surface area (Å²) >= 11 is 0. The number of aryl methyl sites for hydroxylation is 1. The molecule has 0 spiro atoms. The maximum Gasteiger partial charge on any atom is 0.184 e. The molecule has 0 unspecified atom stereocenters. The number of carbonyl (C=O) groups excluding carboxylic acids is 1. The number of hydrogen-bond donors (Lipinski definition) is 0. The van der Waals surface area contributed by atoms with Crippen molar-refractivity contribution in [1.29, 1.82) is 0 Å². The zero-order valence-electron chi connectivity index (χ0n) is 12.3. The molecule has 0 N–H and O–H groups in total. The maximum absolute atomic E-state index is 11.8. The zero-order chi connectivity index (χ0) is 15.0. The number of ketones is 1. The molecule has 1 aliphatic heterocycles. The monoisotopic (exact) mass is 312 g/mol. The third kappa shape index (κ3) is 2.94. The molecule has 0 atom stereocenters. The number of allylic oxidation sites excluding steroid dienone is 6. The second-order valence-corrected chi connectivity index (χ2v) is 7.56. The largest absolute Gasteiger partial charge is 0.289 e. The van der Waals surface area contributed by atoms with Crippen molar-refractivity contribution in [3.8, 4) is 0 Å². The summed E-state index contributed by atoms with van der Waals surface area (Å²) in [5, 5.41) is 0. The van der Waals surface area contributed by atoms with Gasteiger partial charge in [-0.05, 0) is 61.3 Å². The lowest BCUT2D eigenvalue weighted by Gasteiger charge is -2.10. The van der Waals surface area contributed by atoms with Crippen LogP contribution in [0.4, 0.5) is 0 Å². The summed E-state index contributed by atoms with van der Waals surface area (Å²) < 4.78 is 0. The molecule has 1 aliphatic carbocycles. The Balaban J connectivity index is 1.97. The van der Waals surface area contributed by atoms with E-state index < -0.39 is 0 Å². The highest BCUT2D eigenvalue weighted by atomic mass is 33.1. The SMILES string of the molecule is CC1=CC(=C2C=C(c3ccc(C)cc3)SS2)C=C(C)C1=O. The predicted octanol–water partition coefficient (Wildman–Crippen LogP) is 5.46. The van der Waals surface area contributed by atoms with Crippen molar-refractivity contribution >= 4 is 32.3 Å². The van der Waals surface area contributed by atoms with Gasteiger partial charge in [0.05, 0.1) is 0 Å². The molecule has 3 rings (SSSR count). The van der Waals surface area contributed by atoms with Crippen molar-refractivity contribution in [1.82, 2.24) is 0 Å². The van der Waals surface area contributed by atoms with E-state index in [2.05, 4.69) is 37.3 Å². The normalized spacial score (nSPS) is 18.6. The molecule has 21 heavy (non-hydrogen) atoms. The topological polar surface area (TPSA) is 17.1 Å². The van der Waals surface area contributed by atoms with Gasteiger partial charge in [0.2, 0.25) is 0 Å². The molecule has 2 aliphatic rings. The summed E-state index contributed by atoms with van der Waals surface area (Å²) in [5.74, 6) is 0.151. The molecule has 0 bridgehead atoms. The standard InChI is InChI=1S/C18H16OS2/c1-11-4-6-14(7-5-11)16-10-17(21-20-16)15-8-12(2)18(19)13(3)9-15/h4-10H,1-3H3. The van der Waals surface area contributed by atoms with E-state index in [0.717, 1.165) is 16.7 Å². The van der Waals surface area contributed by atoms with Gasteiger partial charge < -0.3 is 0 Å². The van der Waals surface area contributed by atoms with Crippen LogP contribution < -0.4 is 0 Å². The minimum absolute atomic E-state index is 0.151. The smallest absolute Gasteiger partial charge is 0.184 e. The first-order valence-electron chi connectivity index (χ1n) is 6.83. The van der Waals surface area contributed by atoms with E-state index in [4.69, 9.17) is 0 Å². The molecule has 1 heterocycles. The summed E-state index contributed by atoms with van der Waals surface area (Å²) in [5.41, 5.74) is 5.31. The van der Waals surface area contributed by atoms with Crippen LogP contribution in [0.3, 0.4) is 0 Å². The van der Waals surface area contributed by atoms with Gasteiger partial charge in [0.1, 0.15) is 0 Å². The first-order chi connectivity index (χ1) is 10.0. The minimum atomic E-state index is 0.151. The number of rotatable bonds is 1. The first kappa shape index (κ1) is 14.5. The minimum Gasteiger partial charge on any atom is -0.289 e. The van der Waals surface area contributed by atoms with Gasteiger partial charge in [-0.25, -0.2) is 0 Å². The van der Waals surface area contributed by atoms with Gasteiger partial charge >= 0.3 is 0 Å². The number of benzene rings is 1. The fourth-order valence-corrected chi connectivity index (χ4v) is 4.77. The van der Waals surface area contributed by atoms with Crippen LogP contribution in [0.25, 0.3) is 4.91 Å². The molecular weight excluding hydrogens is 296 g/mol. The molecule has 0 aromatic heterocycles. The Kier molecular flexibility index (Phi) is 3.96. The fraction of sp³-hybridized carbons (Fsp3) is 0.167. The van der Waals surface area contributed by atoms with Crippen LogP contribution in [-0.2, 0) is 4.79 Å². The molecular formula is C18H16OS2. The molecule has 0 fully saturated rings. The molecule has 0 amide bonds. The third-order valence-electron chi connectivity index (χ3n) is 3.56. The van der Waals surface area contributed by atoms with Crippen molar-refractivity contribution in [2.45, 2.75) is 20.8 Å². The van der Waals surface area contributed by atoms with Crippen LogP contribution in [-0.4, -0.2) is 5.78 Å². The van der Waals surface area contributed by atoms with E-state index in [9.17, 15) is 4.79 Å². The predicted molar refractivity (Wildman–Crippen MR) is 93.9 cm³/mol. The number of carbonyl (C=O) groups is 1. The molecule has 1 aromatic rings. The van der Waals surface area contributed by atoms with Gasteiger partial charge in [-0.2, -0.15) is 0 Å². The molecule has 1 aromatic carbocycles. The highest BCUT2D eigenvalue weighted by Crippen LogP contribution is 2.51. The summed E-state index contributed by atoms with van der Waals surface area (Å²) in [6.07, 6.45) is 6.21. The van der Waals surface area contributed by atoms with Crippen molar-refractivity contribution < 1.29 is 4.79 Å². The Morgan fingerprint density at radius 3 is 2.05 bits per heavy atom. The van der Waals surface area contributed by atoms with E-state index in [1.807, 2.05) is 26.0 Å². The van der Waals surface area contributed by atoms with Crippen molar-refractivity contribution in [2.24, 2.45) is 0 Å². The highest BCUT2D eigenvalue weighted by Gasteiger charge is 2.19. The van der Waals surface area contributed by atoms with Crippen LogP contribution >= 0.6 is 21.6 Å². The highest BCUT2D eigenvalue weighted by molar-refractivity contribution is 8.82. The molecule has 0 saturated carbocycles. The summed E-state index contributed by atoms with van der Waals surface area (Å²) in [6.45, 7) is 5.87. The summed E-state index contributed by atoms with van der Waals surface area (Å²) in [4.78, 5) is 14.3. The van der Waals surface area contributed by atoms with Crippen LogP contribution in [0.1, 0.15) is 25.0 Å². The van der Waals surface area contributed by atoms with Crippen molar-refractivity contribution in [3.63, 3.8) is 0 Å². The van der Waals surface area contributed by atoms with Gasteiger partial charge in [0.15, 0.2) is 5.78 Å².